The Hall–Kier alpha value is -2.58. The summed E-state index contributed by atoms with van der Waals surface area (Å²) in [7, 11) is 0. The minimum atomic E-state index is 0.175. The van der Waals surface area contributed by atoms with Crippen LogP contribution in [0.25, 0.3) is 11.3 Å². The van der Waals surface area contributed by atoms with Gasteiger partial charge in [-0.25, -0.2) is 4.98 Å². The van der Waals surface area contributed by atoms with Gasteiger partial charge in [0.2, 0.25) is 0 Å². The third-order valence-electron chi connectivity index (χ3n) is 5.99. The predicted octanol–water partition coefficient (Wildman–Crippen LogP) is 5.06. The molecule has 1 aromatic heterocycles. The topological polar surface area (TPSA) is 86.2 Å². The highest BCUT2D eigenvalue weighted by atomic mass is 16.3. The van der Waals surface area contributed by atoms with Crippen LogP contribution in [0.5, 0.6) is 5.75 Å². The van der Waals surface area contributed by atoms with Gasteiger partial charge in [0, 0.05) is 11.6 Å². The van der Waals surface area contributed by atoms with Crippen molar-refractivity contribution in [2.75, 3.05) is 18.8 Å². The van der Waals surface area contributed by atoms with Gasteiger partial charge in [-0.2, -0.15) is 5.26 Å². The van der Waals surface area contributed by atoms with E-state index in [1.807, 2.05) is 18.2 Å². The molecule has 154 valence electrons. The van der Waals surface area contributed by atoms with Gasteiger partial charge in [-0.1, -0.05) is 32.4 Å². The maximum Gasteiger partial charge on any atom is 0.142 e. The molecular formula is C24H32N4O. The first-order valence-electron chi connectivity index (χ1n) is 10.8. The van der Waals surface area contributed by atoms with E-state index in [0.717, 1.165) is 50.8 Å². The van der Waals surface area contributed by atoms with E-state index >= 15 is 0 Å². The maximum absolute atomic E-state index is 10.3. The number of anilines is 1. The quantitative estimate of drug-likeness (QED) is 0.688. The van der Waals surface area contributed by atoms with Gasteiger partial charge in [0.05, 0.1) is 11.3 Å². The van der Waals surface area contributed by atoms with E-state index in [-0.39, 0.29) is 17.5 Å². The lowest BCUT2D eigenvalue weighted by Crippen LogP contribution is -2.39. The second-order valence-corrected chi connectivity index (χ2v) is 8.04. The molecule has 0 aliphatic heterocycles. The normalized spacial score (nSPS) is 19.2. The minimum Gasteiger partial charge on any atom is -0.507 e. The van der Waals surface area contributed by atoms with Crippen molar-refractivity contribution in [2.45, 2.75) is 64.3 Å². The number of pyridine rings is 1. The van der Waals surface area contributed by atoms with Gasteiger partial charge < -0.3 is 15.7 Å². The summed E-state index contributed by atoms with van der Waals surface area (Å²) in [5, 5.41) is 20.0. The summed E-state index contributed by atoms with van der Waals surface area (Å²) in [4.78, 5) is 7.05. The Kier molecular flexibility index (Phi) is 7.11. The fraction of sp³-hybridized carbons (Fsp3) is 0.500. The molecule has 1 aliphatic carbocycles. The molecule has 1 heterocycles. The van der Waals surface area contributed by atoms with E-state index in [1.54, 1.807) is 12.1 Å². The zero-order chi connectivity index (χ0) is 20.8. The first kappa shape index (κ1) is 21.1. The monoisotopic (exact) mass is 392 g/mol. The van der Waals surface area contributed by atoms with Gasteiger partial charge in [0.25, 0.3) is 0 Å². The summed E-state index contributed by atoms with van der Waals surface area (Å²) < 4.78 is 0. The van der Waals surface area contributed by atoms with Crippen molar-refractivity contribution >= 4 is 5.82 Å². The van der Waals surface area contributed by atoms with Crippen LogP contribution in [0.2, 0.25) is 0 Å². The van der Waals surface area contributed by atoms with E-state index < -0.39 is 0 Å². The van der Waals surface area contributed by atoms with Gasteiger partial charge >= 0.3 is 0 Å². The average Bonchev–Trinajstić information content (AvgIpc) is 2.73. The largest absolute Gasteiger partial charge is 0.507 e. The SMILES string of the molecule is CCCN(CCC)C1CCCC(c2cc(-c3ccccc3O)nc(N)c2C#N)C1. The first-order chi connectivity index (χ1) is 14.1. The summed E-state index contributed by atoms with van der Waals surface area (Å²) in [5.41, 5.74) is 8.95. The predicted molar refractivity (Wildman–Crippen MR) is 118 cm³/mol. The van der Waals surface area contributed by atoms with E-state index in [2.05, 4.69) is 29.8 Å². The van der Waals surface area contributed by atoms with Crippen LogP contribution < -0.4 is 5.73 Å². The number of para-hydroxylation sites is 1. The third kappa shape index (κ3) is 4.71. The number of hydrogen-bond donors (Lipinski definition) is 2. The number of hydrogen-bond acceptors (Lipinski definition) is 5. The number of nitrogen functional groups attached to an aromatic ring is 1. The molecule has 1 aromatic carbocycles. The lowest BCUT2D eigenvalue weighted by molar-refractivity contribution is 0.146. The van der Waals surface area contributed by atoms with Crippen LogP contribution in [0.4, 0.5) is 5.82 Å². The van der Waals surface area contributed by atoms with Crippen LogP contribution in [-0.2, 0) is 0 Å². The van der Waals surface area contributed by atoms with Crippen LogP contribution in [0, 0.1) is 11.3 Å². The highest BCUT2D eigenvalue weighted by Gasteiger charge is 2.29. The van der Waals surface area contributed by atoms with Crippen molar-refractivity contribution in [3.63, 3.8) is 0 Å². The highest BCUT2D eigenvalue weighted by Crippen LogP contribution is 2.40. The van der Waals surface area contributed by atoms with Crippen molar-refractivity contribution in [1.82, 2.24) is 9.88 Å². The van der Waals surface area contributed by atoms with Gasteiger partial charge in [-0.05, 0) is 74.9 Å². The van der Waals surface area contributed by atoms with Crippen molar-refractivity contribution in [1.29, 1.82) is 5.26 Å². The number of nitrogens with two attached hydrogens (primary N) is 1. The Bertz CT molecular complexity index is 868. The second kappa shape index (κ2) is 9.76. The van der Waals surface area contributed by atoms with Crippen LogP contribution >= 0.6 is 0 Å². The maximum atomic E-state index is 10.3. The molecule has 2 aromatic rings. The first-order valence-corrected chi connectivity index (χ1v) is 10.8. The molecule has 1 aliphatic rings. The van der Waals surface area contributed by atoms with E-state index in [1.165, 1.54) is 6.42 Å². The molecule has 0 bridgehead atoms. The zero-order valence-electron chi connectivity index (χ0n) is 17.6. The van der Waals surface area contributed by atoms with Crippen molar-refractivity contribution in [2.24, 2.45) is 0 Å². The van der Waals surface area contributed by atoms with Gasteiger partial charge in [0.1, 0.15) is 17.6 Å². The van der Waals surface area contributed by atoms with Crippen LogP contribution in [0.15, 0.2) is 30.3 Å². The summed E-state index contributed by atoms with van der Waals surface area (Å²) >= 11 is 0. The molecule has 0 amide bonds. The minimum absolute atomic E-state index is 0.175. The molecule has 1 fully saturated rings. The lowest BCUT2D eigenvalue weighted by Gasteiger charge is -2.38. The number of nitrogens with zero attached hydrogens (tertiary/aromatic N) is 3. The van der Waals surface area contributed by atoms with Gasteiger partial charge in [0.15, 0.2) is 0 Å². The number of phenolic OH excluding ortho intramolecular Hbond substituents is 1. The molecule has 3 N–H and O–H groups in total. The smallest absolute Gasteiger partial charge is 0.142 e. The molecule has 0 spiro atoms. The summed E-state index contributed by atoms with van der Waals surface area (Å²) in [6.45, 7) is 6.72. The zero-order valence-corrected chi connectivity index (χ0v) is 17.6. The van der Waals surface area contributed by atoms with Crippen molar-refractivity contribution in [3.05, 3.63) is 41.5 Å². The van der Waals surface area contributed by atoms with E-state index in [9.17, 15) is 10.4 Å². The highest BCUT2D eigenvalue weighted by molar-refractivity contribution is 5.71. The molecule has 3 rings (SSSR count). The molecule has 1 saturated carbocycles. The summed E-state index contributed by atoms with van der Waals surface area (Å²) in [5.74, 6) is 0.715. The molecule has 5 nitrogen and oxygen atoms in total. The molecule has 0 saturated heterocycles. The van der Waals surface area contributed by atoms with Crippen LogP contribution in [-0.4, -0.2) is 34.1 Å². The summed E-state index contributed by atoms with van der Waals surface area (Å²) in [6, 6.07) is 11.9. The van der Waals surface area contributed by atoms with Crippen molar-refractivity contribution in [3.8, 4) is 23.1 Å². The van der Waals surface area contributed by atoms with Gasteiger partial charge in [-0.15, -0.1) is 0 Å². The van der Waals surface area contributed by atoms with Crippen molar-refractivity contribution < 1.29 is 5.11 Å². The Morgan fingerprint density at radius 1 is 1.21 bits per heavy atom. The van der Waals surface area contributed by atoms with Crippen LogP contribution in [0.1, 0.15) is 69.4 Å². The summed E-state index contributed by atoms with van der Waals surface area (Å²) in [6.07, 6.45) is 6.78. The van der Waals surface area contributed by atoms with Gasteiger partial charge in [-0.3, -0.25) is 0 Å². The molecule has 2 atom stereocenters. The number of phenols is 1. The number of benzene rings is 1. The lowest BCUT2D eigenvalue weighted by atomic mass is 9.79. The van der Waals surface area contributed by atoms with E-state index in [0.29, 0.717) is 22.9 Å². The molecule has 29 heavy (non-hydrogen) atoms. The average molecular weight is 393 g/mol. The fourth-order valence-electron chi connectivity index (χ4n) is 4.69. The Balaban J connectivity index is 1.96. The third-order valence-corrected chi connectivity index (χ3v) is 5.99. The van der Waals surface area contributed by atoms with E-state index in [4.69, 9.17) is 5.73 Å². The number of nitriles is 1. The molecular weight excluding hydrogens is 360 g/mol. The Morgan fingerprint density at radius 2 is 1.93 bits per heavy atom. The standard InChI is InChI=1S/C24H32N4O/c1-3-12-28(13-4-2)18-9-7-8-17(14-18)20-15-22(27-24(26)21(20)16-25)19-10-5-6-11-23(19)29/h5-6,10-11,15,17-18,29H,3-4,7-9,12-14H2,1-2H3,(H2,26,27). The molecule has 5 heteroatoms. The van der Waals surface area contributed by atoms with Crippen LogP contribution in [0.3, 0.4) is 0 Å². The number of rotatable bonds is 7. The fourth-order valence-corrected chi connectivity index (χ4v) is 4.69. The molecule has 2 unspecified atom stereocenters. The second-order valence-electron chi connectivity index (χ2n) is 8.04. The Morgan fingerprint density at radius 3 is 2.59 bits per heavy atom. The number of aromatic nitrogens is 1. The number of aromatic hydroxyl groups is 1. The Labute approximate surface area is 174 Å². The molecule has 0 radical (unpaired) electrons.